The molecule has 6 nitrogen and oxygen atoms in total. The van der Waals surface area contributed by atoms with Crippen LogP contribution in [-0.2, 0) is 19.1 Å². The zero-order valence-electron chi connectivity index (χ0n) is 9.81. The van der Waals surface area contributed by atoms with Crippen molar-refractivity contribution in [3.05, 3.63) is 0 Å². The number of carbonyl (C=O) groups is 2. The smallest absolute Gasteiger partial charge is 0.302 e. The molecule has 0 heterocycles. The van der Waals surface area contributed by atoms with Crippen LogP contribution in [-0.4, -0.2) is 44.0 Å². The number of oxime groups is 1. The van der Waals surface area contributed by atoms with Crippen LogP contribution in [0, 0.1) is 0 Å². The third-order valence-electron chi connectivity index (χ3n) is 0.751. The van der Waals surface area contributed by atoms with Gasteiger partial charge in [-0.1, -0.05) is 37.1 Å². The maximum atomic E-state index is 9.92. The minimum absolute atomic E-state index is 0. The summed E-state index contributed by atoms with van der Waals surface area (Å²) < 4.78 is 8.56. The van der Waals surface area contributed by atoms with Gasteiger partial charge in [0.25, 0.3) is 0 Å². The molecule has 0 aromatic carbocycles. The van der Waals surface area contributed by atoms with Crippen LogP contribution in [0.25, 0.3) is 0 Å². The Morgan fingerprint density at radius 2 is 1.30 bits per heavy atom. The van der Waals surface area contributed by atoms with Crippen molar-refractivity contribution in [1.82, 2.24) is 0 Å². The van der Waals surface area contributed by atoms with E-state index in [4.69, 9.17) is 5.21 Å². The molecular weight excluding hydrogens is 262 g/mol. The molecule has 0 aromatic heterocycles. The van der Waals surface area contributed by atoms with Crippen molar-refractivity contribution in [2.24, 2.45) is 5.16 Å². The standard InChI is InChI=1S/C4H8O2.C3H6O2.C2H5NO.5CH4/c1-4(5)3-6-2;1-3(4)5-2;1-2-3-4;;;;;/h3H2,1-2H3;1-2H3;2,4H,1H3;5*1H4/b;;3-2-;;;;;. The van der Waals surface area contributed by atoms with E-state index in [1.807, 2.05) is 0 Å². The molecule has 0 bridgehead atoms. The first-order chi connectivity index (χ1) is 6.95. The maximum Gasteiger partial charge on any atom is 0.302 e. The average Bonchev–Trinajstić information content (AvgIpc) is 2.19. The largest absolute Gasteiger partial charge is 0.469 e. The topological polar surface area (TPSA) is 85.2 Å². The number of hydrogen-bond donors (Lipinski definition) is 1. The van der Waals surface area contributed by atoms with Gasteiger partial charge in [0.15, 0.2) is 5.78 Å². The van der Waals surface area contributed by atoms with Gasteiger partial charge >= 0.3 is 5.97 Å². The molecule has 0 saturated carbocycles. The van der Waals surface area contributed by atoms with E-state index in [2.05, 4.69) is 14.6 Å². The summed E-state index contributed by atoms with van der Waals surface area (Å²) in [5.74, 6) is -0.178. The van der Waals surface area contributed by atoms with Crippen molar-refractivity contribution >= 4 is 18.0 Å². The summed E-state index contributed by atoms with van der Waals surface area (Å²) >= 11 is 0. The summed E-state index contributed by atoms with van der Waals surface area (Å²) in [6.07, 6.45) is 1.31. The van der Waals surface area contributed by atoms with Crippen molar-refractivity contribution < 1.29 is 24.3 Å². The Morgan fingerprint density at radius 3 is 1.30 bits per heavy atom. The van der Waals surface area contributed by atoms with Gasteiger partial charge in [0.2, 0.25) is 0 Å². The van der Waals surface area contributed by atoms with Crippen LogP contribution in [0.1, 0.15) is 57.9 Å². The number of carbonyl (C=O) groups excluding carboxylic acids is 2. The number of ketones is 1. The van der Waals surface area contributed by atoms with Crippen LogP contribution in [0.2, 0.25) is 0 Å². The summed E-state index contributed by atoms with van der Waals surface area (Å²) in [5.41, 5.74) is 0. The highest BCUT2D eigenvalue weighted by molar-refractivity contribution is 5.76. The van der Waals surface area contributed by atoms with E-state index in [-0.39, 0.29) is 55.5 Å². The Hall–Kier alpha value is -1.43. The molecule has 0 aliphatic carbocycles. The second kappa shape index (κ2) is 52.7. The number of Topliss-reactive ketones (excluding diaryl/α,β-unsaturated/α-hetero) is 1. The van der Waals surface area contributed by atoms with E-state index in [9.17, 15) is 9.59 Å². The summed E-state index contributed by atoms with van der Waals surface area (Å²) in [6.45, 7) is 4.73. The minimum atomic E-state index is -0.245. The Balaban J connectivity index is -0.0000000162. The van der Waals surface area contributed by atoms with Gasteiger partial charge in [0.05, 0.1) is 7.11 Å². The summed E-state index contributed by atoms with van der Waals surface area (Å²) in [5, 5.41) is 10.1. The number of hydrogen-bond acceptors (Lipinski definition) is 6. The molecule has 0 atom stereocenters. The van der Waals surface area contributed by atoms with Gasteiger partial charge in [-0.2, -0.15) is 0 Å². The van der Waals surface area contributed by atoms with Crippen molar-refractivity contribution in [2.45, 2.75) is 57.9 Å². The molecule has 0 fully saturated rings. The number of rotatable bonds is 2. The van der Waals surface area contributed by atoms with E-state index >= 15 is 0 Å². The Morgan fingerprint density at radius 1 is 1.05 bits per heavy atom. The van der Waals surface area contributed by atoms with Gasteiger partial charge in [-0.25, -0.2) is 0 Å². The lowest BCUT2D eigenvalue weighted by molar-refractivity contribution is -0.137. The molecule has 0 unspecified atom stereocenters. The van der Waals surface area contributed by atoms with Crippen LogP contribution in [0.4, 0.5) is 0 Å². The lowest BCUT2D eigenvalue weighted by atomic mass is 10.5. The number of ether oxygens (including phenoxy) is 2. The zero-order valence-corrected chi connectivity index (χ0v) is 9.81. The van der Waals surface area contributed by atoms with E-state index in [0.29, 0.717) is 0 Å². The van der Waals surface area contributed by atoms with Gasteiger partial charge in [-0.15, -0.1) is 5.16 Å². The monoisotopic (exact) mass is 301 g/mol. The number of nitrogens with zero attached hydrogens (tertiary/aromatic N) is 1. The number of methoxy groups -OCH3 is 2. The SMILES string of the molecule is C.C.C.C.C.C/C=N\O.COC(C)=O.COCC(C)=O. The Labute approximate surface area is 127 Å². The molecule has 0 aliphatic rings. The second-order valence-corrected chi connectivity index (χ2v) is 2.20. The first kappa shape index (κ1) is 51.3. The zero-order chi connectivity index (χ0) is 12.7. The predicted octanol–water partition coefficient (Wildman–Crippen LogP) is 4.05. The summed E-state index contributed by atoms with van der Waals surface area (Å²) in [7, 11) is 2.85. The van der Waals surface area contributed by atoms with E-state index in [0.717, 1.165) is 0 Å². The highest BCUT2D eigenvalue weighted by atomic mass is 16.5. The molecule has 130 valence electrons. The van der Waals surface area contributed by atoms with E-state index in [1.165, 1.54) is 34.3 Å². The van der Waals surface area contributed by atoms with Crippen molar-refractivity contribution in [3.63, 3.8) is 0 Å². The van der Waals surface area contributed by atoms with Gasteiger partial charge in [-0.3, -0.25) is 9.59 Å². The molecule has 6 heteroatoms. The molecule has 0 saturated heterocycles. The molecule has 0 aromatic rings. The fraction of sp³-hybridized carbons (Fsp3) is 0.786. The predicted molar refractivity (Wildman–Crippen MR) is 89.9 cm³/mol. The summed E-state index contributed by atoms with van der Waals surface area (Å²) in [6, 6.07) is 0. The summed E-state index contributed by atoms with van der Waals surface area (Å²) in [4.78, 5) is 19.5. The molecule has 0 aliphatic heterocycles. The average molecular weight is 301 g/mol. The molecular formula is C14H39NO5. The van der Waals surface area contributed by atoms with Crippen LogP contribution in [0.5, 0.6) is 0 Å². The third-order valence-corrected chi connectivity index (χ3v) is 0.751. The molecule has 0 spiro atoms. The first-order valence-corrected chi connectivity index (χ1v) is 4.11. The van der Waals surface area contributed by atoms with Gasteiger partial charge in [0.1, 0.15) is 6.61 Å². The molecule has 0 radical (unpaired) electrons. The lowest BCUT2D eigenvalue weighted by Crippen LogP contribution is -1.98. The first-order valence-electron chi connectivity index (χ1n) is 4.11. The van der Waals surface area contributed by atoms with Gasteiger partial charge in [-0.05, 0) is 13.8 Å². The van der Waals surface area contributed by atoms with Crippen molar-refractivity contribution in [3.8, 4) is 0 Å². The second-order valence-electron chi connectivity index (χ2n) is 2.20. The fourth-order valence-electron chi connectivity index (χ4n) is 0.203. The molecule has 20 heavy (non-hydrogen) atoms. The highest BCUT2D eigenvalue weighted by Gasteiger charge is 1.83. The van der Waals surface area contributed by atoms with E-state index < -0.39 is 0 Å². The van der Waals surface area contributed by atoms with Crippen molar-refractivity contribution in [2.75, 3.05) is 20.8 Å². The fourth-order valence-corrected chi connectivity index (χ4v) is 0.203. The molecule has 0 rings (SSSR count). The van der Waals surface area contributed by atoms with Gasteiger partial charge < -0.3 is 14.7 Å². The van der Waals surface area contributed by atoms with E-state index in [1.54, 1.807) is 6.92 Å². The molecule has 1 N–H and O–H groups in total. The Kier molecular flexibility index (Phi) is 135. The Bertz CT molecular complexity index is 178. The highest BCUT2D eigenvalue weighted by Crippen LogP contribution is 1.66. The third kappa shape index (κ3) is 192. The van der Waals surface area contributed by atoms with Crippen LogP contribution in [0.15, 0.2) is 5.16 Å². The van der Waals surface area contributed by atoms with Crippen LogP contribution in [0.3, 0.4) is 0 Å². The quantitative estimate of drug-likeness (QED) is 0.360. The van der Waals surface area contributed by atoms with Crippen LogP contribution < -0.4 is 0 Å². The van der Waals surface area contributed by atoms with Gasteiger partial charge in [0, 0.05) is 20.2 Å². The number of esters is 1. The van der Waals surface area contributed by atoms with Crippen LogP contribution >= 0.6 is 0 Å². The molecule has 0 amide bonds. The lowest BCUT2D eigenvalue weighted by Gasteiger charge is -1.84. The van der Waals surface area contributed by atoms with Crippen molar-refractivity contribution in [1.29, 1.82) is 0 Å². The maximum absolute atomic E-state index is 9.92. The normalized spacial score (nSPS) is 6.05. The minimum Gasteiger partial charge on any atom is -0.469 e.